The van der Waals surface area contributed by atoms with E-state index in [9.17, 15) is 9.59 Å². The molecule has 2 N–H and O–H groups in total. The van der Waals surface area contributed by atoms with Crippen LogP contribution in [0, 0.1) is 0 Å². The van der Waals surface area contributed by atoms with E-state index in [2.05, 4.69) is 20.5 Å². The van der Waals surface area contributed by atoms with Gasteiger partial charge < -0.3 is 25.2 Å². The topological polar surface area (TPSA) is 86.8 Å². The standard InChI is InChI=1S/C25H27N5O3/c31-24(30-18-16-29(17-19-30)23-12-6-7-14-26-23)13-15-27-25(32)28-21-10-4-5-11-22(21)33-20-8-2-1-3-9-20/h1-12,14H,13,15-19H2,(H2,27,28,32). The normalized spacial score (nSPS) is 13.3. The number of piperazine rings is 1. The minimum atomic E-state index is -0.383. The molecular formula is C25H27N5O3. The fourth-order valence-electron chi connectivity index (χ4n) is 3.61. The molecule has 170 valence electrons. The van der Waals surface area contributed by atoms with Gasteiger partial charge in [0.1, 0.15) is 11.6 Å². The zero-order valence-electron chi connectivity index (χ0n) is 18.3. The van der Waals surface area contributed by atoms with Crippen LogP contribution in [-0.2, 0) is 4.79 Å². The molecule has 2 aromatic carbocycles. The highest BCUT2D eigenvalue weighted by molar-refractivity contribution is 5.91. The van der Waals surface area contributed by atoms with Crippen LogP contribution in [0.25, 0.3) is 0 Å². The fraction of sp³-hybridized carbons (Fsp3) is 0.240. The fourth-order valence-corrected chi connectivity index (χ4v) is 3.61. The average molecular weight is 446 g/mol. The Hall–Kier alpha value is -4.07. The van der Waals surface area contributed by atoms with E-state index in [-0.39, 0.29) is 24.9 Å². The molecule has 8 nitrogen and oxygen atoms in total. The van der Waals surface area contributed by atoms with Crippen molar-refractivity contribution in [1.82, 2.24) is 15.2 Å². The molecule has 4 rings (SSSR count). The van der Waals surface area contributed by atoms with Gasteiger partial charge in [-0.05, 0) is 36.4 Å². The molecule has 3 amide bonds. The predicted octanol–water partition coefficient (Wildman–Crippen LogP) is 3.73. The molecule has 0 aliphatic carbocycles. The van der Waals surface area contributed by atoms with Crippen molar-refractivity contribution in [3.05, 3.63) is 79.0 Å². The van der Waals surface area contributed by atoms with Gasteiger partial charge in [-0.1, -0.05) is 36.4 Å². The number of ether oxygens (including phenoxy) is 1. The SMILES string of the molecule is O=C(NCCC(=O)N1CCN(c2ccccn2)CC1)Nc1ccccc1Oc1ccccc1. The molecule has 8 heteroatoms. The van der Waals surface area contributed by atoms with E-state index in [0.717, 1.165) is 18.9 Å². The zero-order chi connectivity index (χ0) is 22.9. The summed E-state index contributed by atoms with van der Waals surface area (Å²) < 4.78 is 5.86. The number of anilines is 2. The number of urea groups is 1. The van der Waals surface area contributed by atoms with Crippen molar-refractivity contribution < 1.29 is 14.3 Å². The first kappa shape index (κ1) is 22.1. The maximum atomic E-state index is 12.5. The molecule has 1 fully saturated rings. The van der Waals surface area contributed by atoms with Crippen molar-refractivity contribution >= 4 is 23.4 Å². The van der Waals surface area contributed by atoms with Gasteiger partial charge in [-0.15, -0.1) is 0 Å². The van der Waals surface area contributed by atoms with Gasteiger partial charge in [0.2, 0.25) is 5.91 Å². The molecule has 0 unspecified atom stereocenters. The van der Waals surface area contributed by atoms with Crippen LogP contribution >= 0.6 is 0 Å². The molecule has 3 aromatic rings. The van der Waals surface area contributed by atoms with Crippen LogP contribution < -0.4 is 20.3 Å². The number of nitrogens with one attached hydrogen (secondary N) is 2. The van der Waals surface area contributed by atoms with E-state index in [1.165, 1.54) is 0 Å². The Morgan fingerprint density at radius 3 is 2.36 bits per heavy atom. The molecule has 0 radical (unpaired) electrons. The van der Waals surface area contributed by atoms with Crippen LogP contribution in [0.3, 0.4) is 0 Å². The molecule has 1 aliphatic heterocycles. The van der Waals surface area contributed by atoms with Crippen LogP contribution in [0.5, 0.6) is 11.5 Å². The van der Waals surface area contributed by atoms with Crippen LogP contribution in [0.4, 0.5) is 16.3 Å². The molecule has 1 aromatic heterocycles. The second-order valence-corrected chi connectivity index (χ2v) is 7.60. The van der Waals surface area contributed by atoms with Crippen LogP contribution in [0.15, 0.2) is 79.0 Å². The third kappa shape index (κ3) is 6.22. The van der Waals surface area contributed by atoms with E-state index < -0.39 is 0 Å². The summed E-state index contributed by atoms with van der Waals surface area (Å²) in [7, 11) is 0. The van der Waals surface area contributed by atoms with Gasteiger partial charge in [-0.25, -0.2) is 9.78 Å². The number of hydrogen-bond acceptors (Lipinski definition) is 5. The smallest absolute Gasteiger partial charge is 0.319 e. The minimum Gasteiger partial charge on any atom is -0.455 e. The van der Waals surface area contributed by atoms with Gasteiger partial charge in [0, 0.05) is 45.3 Å². The number of nitrogens with zero attached hydrogens (tertiary/aromatic N) is 3. The molecule has 0 saturated carbocycles. The van der Waals surface area contributed by atoms with Gasteiger partial charge in [-0.3, -0.25) is 4.79 Å². The zero-order valence-corrected chi connectivity index (χ0v) is 18.3. The molecule has 1 aliphatic rings. The number of rotatable bonds is 7. The molecule has 0 atom stereocenters. The van der Waals surface area contributed by atoms with Gasteiger partial charge in [-0.2, -0.15) is 0 Å². The third-order valence-electron chi connectivity index (χ3n) is 5.34. The number of carbonyl (C=O) groups is 2. The van der Waals surface area contributed by atoms with E-state index in [4.69, 9.17) is 4.74 Å². The summed E-state index contributed by atoms with van der Waals surface area (Å²) in [6.07, 6.45) is 2.02. The summed E-state index contributed by atoms with van der Waals surface area (Å²) in [6, 6.07) is 22.0. The number of para-hydroxylation sites is 3. The van der Waals surface area contributed by atoms with E-state index in [1.807, 2.05) is 65.6 Å². The number of aromatic nitrogens is 1. The number of hydrogen-bond donors (Lipinski definition) is 2. The lowest BCUT2D eigenvalue weighted by Crippen LogP contribution is -2.49. The Bertz CT molecular complexity index is 1050. The molecule has 2 heterocycles. The Kier molecular flexibility index (Phi) is 7.37. The van der Waals surface area contributed by atoms with E-state index in [1.54, 1.807) is 18.3 Å². The first-order chi connectivity index (χ1) is 16.2. The van der Waals surface area contributed by atoms with Gasteiger partial charge >= 0.3 is 6.03 Å². The van der Waals surface area contributed by atoms with Crippen molar-refractivity contribution in [2.75, 3.05) is 42.9 Å². The summed E-state index contributed by atoms with van der Waals surface area (Å²) in [5.74, 6) is 2.19. The first-order valence-corrected chi connectivity index (χ1v) is 11.0. The van der Waals surface area contributed by atoms with Crippen molar-refractivity contribution in [2.24, 2.45) is 0 Å². The largest absolute Gasteiger partial charge is 0.455 e. The molecule has 0 bridgehead atoms. The maximum absolute atomic E-state index is 12.5. The van der Waals surface area contributed by atoms with Gasteiger partial charge in [0.05, 0.1) is 5.69 Å². The van der Waals surface area contributed by atoms with Crippen LogP contribution in [0.2, 0.25) is 0 Å². The Balaban J connectivity index is 1.21. The minimum absolute atomic E-state index is 0.0313. The lowest BCUT2D eigenvalue weighted by Gasteiger charge is -2.35. The van der Waals surface area contributed by atoms with Crippen molar-refractivity contribution in [3.8, 4) is 11.5 Å². The summed E-state index contributed by atoms with van der Waals surface area (Å²) in [5.41, 5.74) is 0.552. The third-order valence-corrected chi connectivity index (χ3v) is 5.34. The second kappa shape index (κ2) is 11.0. The predicted molar refractivity (Wildman–Crippen MR) is 128 cm³/mol. The Morgan fingerprint density at radius 2 is 1.61 bits per heavy atom. The lowest BCUT2D eigenvalue weighted by molar-refractivity contribution is -0.131. The summed E-state index contributed by atoms with van der Waals surface area (Å²) in [6.45, 7) is 3.04. The summed E-state index contributed by atoms with van der Waals surface area (Å²) in [4.78, 5) is 33.3. The van der Waals surface area contributed by atoms with E-state index >= 15 is 0 Å². The van der Waals surface area contributed by atoms with Crippen molar-refractivity contribution in [3.63, 3.8) is 0 Å². The molecule has 33 heavy (non-hydrogen) atoms. The quantitative estimate of drug-likeness (QED) is 0.579. The van der Waals surface area contributed by atoms with Crippen LogP contribution in [-0.4, -0.2) is 54.5 Å². The van der Waals surface area contributed by atoms with Gasteiger partial charge in [0.25, 0.3) is 0 Å². The summed E-state index contributed by atoms with van der Waals surface area (Å²) >= 11 is 0. The monoisotopic (exact) mass is 445 g/mol. The summed E-state index contributed by atoms with van der Waals surface area (Å²) in [5, 5.41) is 5.55. The Morgan fingerprint density at radius 1 is 0.879 bits per heavy atom. The maximum Gasteiger partial charge on any atom is 0.319 e. The molecule has 0 spiro atoms. The first-order valence-electron chi connectivity index (χ1n) is 11.0. The highest BCUT2D eigenvalue weighted by Crippen LogP contribution is 2.28. The van der Waals surface area contributed by atoms with Crippen LogP contribution in [0.1, 0.15) is 6.42 Å². The lowest BCUT2D eigenvalue weighted by atomic mass is 10.2. The Labute approximate surface area is 193 Å². The number of carbonyl (C=O) groups excluding carboxylic acids is 2. The van der Waals surface area contributed by atoms with Crippen molar-refractivity contribution in [2.45, 2.75) is 6.42 Å². The highest BCUT2D eigenvalue weighted by atomic mass is 16.5. The number of pyridine rings is 1. The van der Waals surface area contributed by atoms with Gasteiger partial charge in [0.15, 0.2) is 5.75 Å². The average Bonchev–Trinajstić information content (AvgIpc) is 2.86. The molecular weight excluding hydrogens is 418 g/mol. The second-order valence-electron chi connectivity index (χ2n) is 7.60. The number of benzene rings is 2. The van der Waals surface area contributed by atoms with E-state index in [0.29, 0.717) is 30.3 Å². The van der Waals surface area contributed by atoms with Crippen molar-refractivity contribution in [1.29, 1.82) is 0 Å². The number of amides is 3. The molecule has 1 saturated heterocycles. The highest BCUT2D eigenvalue weighted by Gasteiger charge is 2.21.